The Morgan fingerprint density at radius 2 is 1.90 bits per heavy atom. The lowest BCUT2D eigenvalue weighted by Crippen LogP contribution is -2.51. The topological polar surface area (TPSA) is 69.6 Å². The van der Waals surface area contributed by atoms with E-state index in [2.05, 4.69) is 0 Å². The lowest BCUT2D eigenvalue weighted by molar-refractivity contribution is -0.236. The van der Waals surface area contributed by atoms with Crippen molar-refractivity contribution in [1.29, 1.82) is 0 Å². The van der Waals surface area contributed by atoms with Gasteiger partial charge in [0.15, 0.2) is 5.60 Å². The Hall–Kier alpha value is -1.44. The van der Waals surface area contributed by atoms with Crippen LogP contribution in [0.3, 0.4) is 0 Å². The van der Waals surface area contributed by atoms with Crippen molar-refractivity contribution >= 4 is 35.4 Å². The van der Waals surface area contributed by atoms with Crippen LogP contribution in [0, 0.1) is 0 Å². The zero-order chi connectivity index (χ0) is 16.3. The van der Waals surface area contributed by atoms with Gasteiger partial charge in [-0.1, -0.05) is 35.3 Å². The molecule has 0 aliphatic rings. The molecule has 1 atom stereocenters. The molecule has 4 nitrogen and oxygen atoms in total. The van der Waals surface area contributed by atoms with Gasteiger partial charge in [-0.05, 0) is 23.8 Å². The minimum Gasteiger partial charge on any atom is -0.465 e. The molecular weight excluding hydrogens is 334 g/mol. The third-order valence-corrected chi connectivity index (χ3v) is 3.23. The van der Waals surface area contributed by atoms with Crippen LogP contribution in [-0.2, 0) is 0 Å². The maximum Gasteiger partial charge on any atom is 0.422 e. The largest absolute Gasteiger partial charge is 0.465 e. The van der Waals surface area contributed by atoms with E-state index >= 15 is 0 Å². The first kappa shape index (κ1) is 17.6. The average molecular weight is 344 g/mol. The highest BCUT2D eigenvalue weighted by atomic mass is 35.5. The molecule has 0 bridgehead atoms. The second-order valence-electron chi connectivity index (χ2n) is 4.09. The number of carboxylic acid groups (broad SMARTS) is 1. The molecule has 1 unspecified atom stereocenters. The van der Waals surface area contributed by atoms with Crippen molar-refractivity contribution in [1.82, 2.24) is 5.32 Å². The number of aliphatic hydroxyl groups is 1. The molecule has 21 heavy (non-hydrogen) atoms. The van der Waals surface area contributed by atoms with Gasteiger partial charge in [-0.15, -0.1) is 0 Å². The highest BCUT2D eigenvalue weighted by Crippen LogP contribution is 2.32. The fourth-order valence-corrected chi connectivity index (χ4v) is 1.62. The minimum atomic E-state index is -5.05. The monoisotopic (exact) mass is 343 g/mol. The number of nitrogens with one attached hydrogen (secondary N) is 1. The summed E-state index contributed by atoms with van der Waals surface area (Å²) in [4.78, 5) is 10.3. The van der Waals surface area contributed by atoms with Gasteiger partial charge in [-0.3, -0.25) is 0 Å². The van der Waals surface area contributed by atoms with Crippen LogP contribution in [0.25, 0.3) is 6.08 Å². The maximum absolute atomic E-state index is 12.8. The van der Waals surface area contributed by atoms with Crippen molar-refractivity contribution in [2.45, 2.75) is 11.8 Å². The van der Waals surface area contributed by atoms with Crippen molar-refractivity contribution in [2.24, 2.45) is 0 Å². The number of alkyl halides is 3. The molecule has 0 spiro atoms. The van der Waals surface area contributed by atoms with Crippen molar-refractivity contribution in [2.75, 3.05) is 6.54 Å². The standard InChI is InChI=1S/C12H10Cl2F3NO3/c13-8-2-1-7(5-9(8)14)3-4-11(21,12(15,16)17)6-18-10(19)20/h1-5,18,21H,6H2,(H,19,20)/b4-3+. The lowest BCUT2D eigenvalue weighted by atomic mass is 10.0. The van der Waals surface area contributed by atoms with E-state index in [0.717, 1.165) is 6.08 Å². The second kappa shape index (κ2) is 6.55. The van der Waals surface area contributed by atoms with Crippen LogP contribution in [0.2, 0.25) is 10.0 Å². The van der Waals surface area contributed by atoms with E-state index in [1.165, 1.54) is 23.5 Å². The van der Waals surface area contributed by atoms with E-state index in [0.29, 0.717) is 6.08 Å². The molecule has 0 heterocycles. The minimum absolute atomic E-state index is 0.137. The fraction of sp³-hybridized carbons (Fsp3) is 0.250. The molecule has 0 saturated carbocycles. The molecular formula is C12H10Cl2F3NO3. The van der Waals surface area contributed by atoms with E-state index in [1.807, 2.05) is 0 Å². The number of hydrogen-bond donors (Lipinski definition) is 3. The molecule has 0 aliphatic heterocycles. The number of amides is 1. The van der Waals surface area contributed by atoms with Crippen molar-refractivity contribution in [3.63, 3.8) is 0 Å². The Kier molecular flexibility index (Phi) is 5.49. The normalized spacial score (nSPS) is 15.0. The fourth-order valence-electron chi connectivity index (χ4n) is 1.31. The highest BCUT2D eigenvalue weighted by Gasteiger charge is 2.52. The van der Waals surface area contributed by atoms with Crippen LogP contribution >= 0.6 is 23.2 Å². The Morgan fingerprint density at radius 3 is 2.38 bits per heavy atom. The third kappa shape index (κ3) is 4.80. The van der Waals surface area contributed by atoms with Gasteiger partial charge in [-0.2, -0.15) is 13.2 Å². The lowest BCUT2D eigenvalue weighted by Gasteiger charge is -2.27. The van der Waals surface area contributed by atoms with Crippen LogP contribution in [0.4, 0.5) is 18.0 Å². The SMILES string of the molecule is O=C(O)NCC(O)(/C=C/c1ccc(Cl)c(Cl)c1)C(F)(F)F. The van der Waals surface area contributed by atoms with Gasteiger partial charge < -0.3 is 15.5 Å². The van der Waals surface area contributed by atoms with Gasteiger partial charge in [0.05, 0.1) is 16.6 Å². The molecule has 1 amide bonds. The molecule has 1 rings (SSSR count). The van der Waals surface area contributed by atoms with Gasteiger partial charge in [-0.25, -0.2) is 4.79 Å². The predicted molar refractivity (Wildman–Crippen MR) is 72.5 cm³/mol. The molecule has 116 valence electrons. The summed E-state index contributed by atoms with van der Waals surface area (Å²) in [6, 6.07) is 4.08. The zero-order valence-electron chi connectivity index (χ0n) is 10.3. The Morgan fingerprint density at radius 1 is 1.29 bits per heavy atom. The van der Waals surface area contributed by atoms with Crippen LogP contribution in [-0.4, -0.2) is 34.6 Å². The molecule has 0 saturated heterocycles. The number of halogens is 5. The molecule has 3 N–H and O–H groups in total. The summed E-state index contributed by atoms with van der Waals surface area (Å²) in [5, 5.41) is 19.8. The Labute approximate surface area is 127 Å². The van der Waals surface area contributed by atoms with E-state index in [-0.39, 0.29) is 15.6 Å². The quantitative estimate of drug-likeness (QED) is 0.782. The first-order valence-corrected chi connectivity index (χ1v) is 6.21. The summed E-state index contributed by atoms with van der Waals surface area (Å²) in [6.07, 6.45) is -5.32. The molecule has 1 aromatic rings. The third-order valence-electron chi connectivity index (χ3n) is 2.50. The average Bonchev–Trinajstić information content (AvgIpc) is 2.36. The van der Waals surface area contributed by atoms with Crippen LogP contribution in [0.15, 0.2) is 24.3 Å². The van der Waals surface area contributed by atoms with Gasteiger partial charge in [0.1, 0.15) is 0 Å². The summed E-state index contributed by atoms with van der Waals surface area (Å²) >= 11 is 11.4. The zero-order valence-corrected chi connectivity index (χ0v) is 11.8. The number of benzene rings is 1. The van der Waals surface area contributed by atoms with E-state index in [1.54, 1.807) is 0 Å². The summed E-state index contributed by atoms with van der Waals surface area (Å²) in [5.74, 6) is 0. The van der Waals surface area contributed by atoms with E-state index in [4.69, 9.17) is 28.3 Å². The molecule has 0 aliphatic carbocycles. The predicted octanol–water partition coefficient (Wildman–Crippen LogP) is 3.57. The summed E-state index contributed by atoms with van der Waals surface area (Å²) in [6.45, 7) is -1.23. The van der Waals surface area contributed by atoms with E-state index in [9.17, 15) is 23.1 Å². The summed E-state index contributed by atoms with van der Waals surface area (Å²) < 4.78 is 38.5. The highest BCUT2D eigenvalue weighted by molar-refractivity contribution is 6.42. The Balaban J connectivity index is 3.02. The second-order valence-corrected chi connectivity index (χ2v) is 4.90. The summed E-state index contributed by atoms with van der Waals surface area (Å²) in [7, 11) is 0. The molecule has 1 aromatic carbocycles. The number of carbonyl (C=O) groups is 1. The molecule has 0 radical (unpaired) electrons. The van der Waals surface area contributed by atoms with Gasteiger partial charge in [0.2, 0.25) is 0 Å². The van der Waals surface area contributed by atoms with Gasteiger partial charge >= 0.3 is 12.3 Å². The summed E-state index contributed by atoms with van der Waals surface area (Å²) in [5.41, 5.74) is -3.07. The van der Waals surface area contributed by atoms with Crippen LogP contribution < -0.4 is 5.32 Å². The van der Waals surface area contributed by atoms with Crippen LogP contribution in [0.1, 0.15) is 5.56 Å². The maximum atomic E-state index is 12.8. The number of rotatable bonds is 4. The van der Waals surface area contributed by atoms with Crippen LogP contribution in [0.5, 0.6) is 0 Å². The van der Waals surface area contributed by atoms with Crippen molar-refractivity contribution in [3.05, 3.63) is 39.9 Å². The first-order chi connectivity index (χ1) is 9.55. The smallest absolute Gasteiger partial charge is 0.422 e. The molecule has 0 fully saturated rings. The van der Waals surface area contributed by atoms with Gasteiger partial charge in [0.25, 0.3) is 0 Å². The first-order valence-electron chi connectivity index (χ1n) is 5.45. The Bertz CT molecular complexity index is 563. The molecule has 9 heteroatoms. The van der Waals surface area contributed by atoms with Gasteiger partial charge in [0, 0.05) is 0 Å². The van der Waals surface area contributed by atoms with Crippen molar-refractivity contribution < 1.29 is 28.2 Å². The number of hydrogen-bond acceptors (Lipinski definition) is 2. The van der Waals surface area contributed by atoms with Crippen molar-refractivity contribution in [3.8, 4) is 0 Å². The van der Waals surface area contributed by atoms with E-state index < -0.39 is 24.4 Å². The molecule has 0 aromatic heterocycles.